The van der Waals surface area contributed by atoms with Crippen molar-refractivity contribution < 1.29 is 4.79 Å². The summed E-state index contributed by atoms with van der Waals surface area (Å²) in [7, 11) is 0. The van der Waals surface area contributed by atoms with Crippen molar-refractivity contribution in [2.75, 3.05) is 0 Å². The lowest BCUT2D eigenvalue weighted by Gasteiger charge is -1.92. The van der Waals surface area contributed by atoms with Crippen molar-refractivity contribution >= 4 is 5.78 Å². The van der Waals surface area contributed by atoms with Gasteiger partial charge in [-0.05, 0) is 13.0 Å². The highest BCUT2D eigenvalue weighted by Gasteiger charge is 2.02. The van der Waals surface area contributed by atoms with Gasteiger partial charge in [-0.2, -0.15) is 10.2 Å². The Labute approximate surface area is 70.8 Å². The third-order valence-corrected chi connectivity index (χ3v) is 1.33. The normalized spacial score (nSPS) is 8.42. The van der Waals surface area contributed by atoms with Crippen LogP contribution in [0.4, 0.5) is 0 Å². The van der Waals surface area contributed by atoms with Gasteiger partial charge in [-0.15, -0.1) is 5.92 Å². The SMILES string of the molecule is CC#CCC(=O)c1ccnnc1. The Morgan fingerprint density at radius 3 is 3.00 bits per heavy atom. The molecule has 0 amide bonds. The van der Waals surface area contributed by atoms with Crippen molar-refractivity contribution in [2.45, 2.75) is 13.3 Å². The van der Waals surface area contributed by atoms with Gasteiger partial charge in [0.25, 0.3) is 0 Å². The van der Waals surface area contributed by atoms with Gasteiger partial charge in [0.1, 0.15) is 0 Å². The summed E-state index contributed by atoms with van der Waals surface area (Å²) in [6.07, 6.45) is 3.19. The predicted octanol–water partition coefficient (Wildman–Crippen LogP) is 1.07. The number of nitrogens with zero attached hydrogens (tertiary/aromatic N) is 2. The summed E-state index contributed by atoms with van der Waals surface area (Å²) in [6.45, 7) is 1.71. The molecule has 1 aromatic heterocycles. The summed E-state index contributed by atoms with van der Waals surface area (Å²) in [5.41, 5.74) is 0.563. The Morgan fingerprint density at radius 2 is 2.42 bits per heavy atom. The third-order valence-electron chi connectivity index (χ3n) is 1.33. The lowest BCUT2D eigenvalue weighted by atomic mass is 10.1. The summed E-state index contributed by atoms with van der Waals surface area (Å²) in [5, 5.41) is 7.16. The van der Waals surface area contributed by atoms with Crippen LogP contribution >= 0.6 is 0 Å². The van der Waals surface area contributed by atoms with Crippen molar-refractivity contribution in [3.8, 4) is 11.8 Å². The Kier molecular flexibility index (Phi) is 2.97. The molecule has 3 nitrogen and oxygen atoms in total. The molecule has 0 saturated heterocycles. The van der Waals surface area contributed by atoms with E-state index in [-0.39, 0.29) is 12.2 Å². The molecule has 1 rings (SSSR count). The second-order valence-corrected chi connectivity index (χ2v) is 2.16. The minimum atomic E-state index is -0.0146. The van der Waals surface area contributed by atoms with E-state index in [9.17, 15) is 4.79 Å². The van der Waals surface area contributed by atoms with Crippen LogP contribution in [-0.4, -0.2) is 16.0 Å². The molecule has 12 heavy (non-hydrogen) atoms. The molecule has 3 heteroatoms. The summed E-state index contributed by atoms with van der Waals surface area (Å²) in [4.78, 5) is 11.2. The number of aromatic nitrogens is 2. The third kappa shape index (κ3) is 2.17. The highest BCUT2D eigenvalue weighted by atomic mass is 16.1. The van der Waals surface area contributed by atoms with Gasteiger partial charge >= 0.3 is 0 Å². The zero-order chi connectivity index (χ0) is 8.81. The average molecular weight is 160 g/mol. The van der Waals surface area contributed by atoms with Crippen LogP contribution in [0.2, 0.25) is 0 Å². The second-order valence-electron chi connectivity index (χ2n) is 2.16. The van der Waals surface area contributed by atoms with E-state index in [1.54, 1.807) is 13.0 Å². The van der Waals surface area contributed by atoms with Crippen molar-refractivity contribution in [1.82, 2.24) is 10.2 Å². The standard InChI is InChI=1S/C9H8N2O/c1-2-3-4-9(12)8-5-6-10-11-7-8/h5-7H,4H2,1H3. The fraction of sp³-hybridized carbons (Fsp3) is 0.222. The van der Waals surface area contributed by atoms with Crippen molar-refractivity contribution in [3.05, 3.63) is 24.0 Å². The summed E-state index contributed by atoms with van der Waals surface area (Å²) < 4.78 is 0. The number of hydrogen-bond acceptors (Lipinski definition) is 3. The van der Waals surface area contributed by atoms with Crippen molar-refractivity contribution in [1.29, 1.82) is 0 Å². The second kappa shape index (κ2) is 4.24. The molecule has 0 saturated carbocycles. The van der Waals surface area contributed by atoms with Crippen LogP contribution in [0.3, 0.4) is 0 Å². The first kappa shape index (κ1) is 8.41. The molecule has 0 aliphatic carbocycles. The van der Waals surface area contributed by atoms with E-state index in [1.165, 1.54) is 12.4 Å². The van der Waals surface area contributed by atoms with E-state index in [4.69, 9.17) is 0 Å². The molecule has 0 aromatic carbocycles. The average Bonchev–Trinajstić information content (AvgIpc) is 2.15. The van der Waals surface area contributed by atoms with Crippen LogP contribution in [0.1, 0.15) is 23.7 Å². The molecule has 0 aliphatic rings. The molecule has 0 atom stereocenters. The fourth-order valence-electron chi connectivity index (χ4n) is 0.726. The van der Waals surface area contributed by atoms with E-state index >= 15 is 0 Å². The molecule has 0 bridgehead atoms. The van der Waals surface area contributed by atoms with Gasteiger partial charge in [-0.25, -0.2) is 0 Å². The number of carbonyl (C=O) groups is 1. The summed E-state index contributed by atoms with van der Waals surface area (Å²) >= 11 is 0. The van der Waals surface area contributed by atoms with E-state index in [0.717, 1.165) is 0 Å². The number of rotatable bonds is 2. The van der Waals surface area contributed by atoms with Crippen LogP contribution in [0.15, 0.2) is 18.5 Å². The molecule has 60 valence electrons. The molecule has 1 heterocycles. The van der Waals surface area contributed by atoms with Gasteiger partial charge in [0.15, 0.2) is 5.78 Å². The number of ketones is 1. The smallest absolute Gasteiger partial charge is 0.176 e. The molecule has 0 N–H and O–H groups in total. The summed E-state index contributed by atoms with van der Waals surface area (Å²) in [5.74, 6) is 5.35. The number of Topliss-reactive ketones (excluding diaryl/α,β-unsaturated/α-hetero) is 1. The quantitative estimate of drug-likeness (QED) is 0.480. The lowest BCUT2D eigenvalue weighted by molar-refractivity contribution is 0.0997. The van der Waals surface area contributed by atoms with E-state index in [1.807, 2.05) is 0 Å². The van der Waals surface area contributed by atoms with E-state index < -0.39 is 0 Å². The topological polar surface area (TPSA) is 42.9 Å². The minimum absolute atomic E-state index is 0.0146. The zero-order valence-electron chi connectivity index (χ0n) is 6.74. The molecule has 0 unspecified atom stereocenters. The van der Waals surface area contributed by atoms with Crippen LogP contribution in [0, 0.1) is 11.8 Å². The van der Waals surface area contributed by atoms with Crippen molar-refractivity contribution in [2.24, 2.45) is 0 Å². The number of carbonyl (C=O) groups excluding carboxylic acids is 1. The van der Waals surface area contributed by atoms with Gasteiger partial charge < -0.3 is 0 Å². The molecular weight excluding hydrogens is 152 g/mol. The first-order valence-electron chi connectivity index (χ1n) is 3.54. The first-order valence-corrected chi connectivity index (χ1v) is 3.54. The monoisotopic (exact) mass is 160 g/mol. The fourth-order valence-corrected chi connectivity index (χ4v) is 0.726. The Hall–Kier alpha value is -1.69. The predicted molar refractivity (Wildman–Crippen MR) is 44.4 cm³/mol. The van der Waals surface area contributed by atoms with E-state index in [2.05, 4.69) is 22.0 Å². The minimum Gasteiger partial charge on any atom is -0.293 e. The maximum absolute atomic E-state index is 11.2. The molecule has 0 aliphatic heterocycles. The van der Waals surface area contributed by atoms with Gasteiger partial charge in [-0.1, -0.05) is 5.92 Å². The van der Waals surface area contributed by atoms with Gasteiger partial charge in [0.05, 0.1) is 18.8 Å². The Bertz CT molecular complexity index is 321. The molecule has 0 radical (unpaired) electrons. The molecule has 0 spiro atoms. The van der Waals surface area contributed by atoms with Crippen LogP contribution in [0.25, 0.3) is 0 Å². The maximum atomic E-state index is 11.2. The molecule has 1 aromatic rings. The highest BCUT2D eigenvalue weighted by molar-refractivity contribution is 5.97. The maximum Gasteiger partial charge on any atom is 0.176 e. The van der Waals surface area contributed by atoms with Gasteiger partial charge in [-0.3, -0.25) is 4.79 Å². The van der Waals surface area contributed by atoms with Gasteiger partial charge in [0, 0.05) is 5.56 Å². The summed E-state index contributed by atoms with van der Waals surface area (Å²) in [6, 6.07) is 1.63. The van der Waals surface area contributed by atoms with E-state index in [0.29, 0.717) is 5.56 Å². The van der Waals surface area contributed by atoms with Crippen LogP contribution < -0.4 is 0 Å². The van der Waals surface area contributed by atoms with Crippen LogP contribution in [0.5, 0.6) is 0 Å². The Morgan fingerprint density at radius 1 is 1.58 bits per heavy atom. The zero-order valence-corrected chi connectivity index (χ0v) is 6.74. The largest absolute Gasteiger partial charge is 0.293 e. The number of hydrogen-bond donors (Lipinski definition) is 0. The first-order chi connectivity index (χ1) is 5.84. The molecule has 0 fully saturated rings. The lowest BCUT2D eigenvalue weighted by Crippen LogP contribution is -1.98. The van der Waals surface area contributed by atoms with Gasteiger partial charge in [0.2, 0.25) is 0 Å². The van der Waals surface area contributed by atoms with Crippen molar-refractivity contribution in [3.63, 3.8) is 0 Å². The Balaban J connectivity index is 2.70. The van der Waals surface area contributed by atoms with Crippen LogP contribution in [-0.2, 0) is 0 Å². The molecular formula is C9H8N2O. The highest BCUT2D eigenvalue weighted by Crippen LogP contribution is 1.98.